The molecule has 10 nitrogen and oxygen atoms in total. The van der Waals surface area contributed by atoms with Crippen molar-refractivity contribution in [2.45, 2.75) is 76.1 Å². The fraction of sp³-hybridized carbons (Fsp3) is 0.395. The van der Waals surface area contributed by atoms with Gasteiger partial charge in [-0.1, -0.05) is 31.8 Å². The minimum Gasteiger partial charge on any atom is -0.465 e. The van der Waals surface area contributed by atoms with Gasteiger partial charge >= 0.3 is 5.97 Å². The molecule has 5 aromatic rings. The number of nitrogens with zero attached hydrogens (tertiary/aromatic N) is 5. The lowest BCUT2D eigenvalue weighted by atomic mass is 9.94. The maximum absolute atomic E-state index is 15.3. The van der Waals surface area contributed by atoms with Gasteiger partial charge in [-0.05, 0) is 66.3 Å². The van der Waals surface area contributed by atoms with Crippen molar-refractivity contribution in [3.8, 4) is 11.1 Å². The molecule has 1 N–H and O–H groups in total. The predicted octanol–water partition coefficient (Wildman–Crippen LogP) is 7.92. The molecule has 1 fully saturated rings. The minimum absolute atomic E-state index is 0.0547. The first-order valence-electron chi connectivity index (χ1n) is 17.7. The Morgan fingerprint density at radius 1 is 1.04 bits per heavy atom. The number of pyridine rings is 1. The first-order chi connectivity index (χ1) is 26.0. The number of hydrogen-bond acceptors (Lipinski definition) is 7. The van der Waals surface area contributed by atoms with Gasteiger partial charge < -0.3 is 14.8 Å². The highest BCUT2D eigenvalue weighted by Crippen LogP contribution is 2.68. The van der Waals surface area contributed by atoms with E-state index >= 15 is 8.78 Å². The summed E-state index contributed by atoms with van der Waals surface area (Å²) in [6.45, 7) is 6.45. The van der Waals surface area contributed by atoms with Crippen molar-refractivity contribution >= 4 is 31.0 Å². The Hall–Kier alpha value is -5.03. The Morgan fingerprint density at radius 3 is 2.47 bits per heavy atom. The Bertz CT molecular complexity index is 2270. The number of methoxy groups -OCH3 is 1. The summed E-state index contributed by atoms with van der Waals surface area (Å²) in [6.07, 6.45) is -1.83. The number of carbonyl (C=O) groups is 2. The van der Waals surface area contributed by atoms with Crippen molar-refractivity contribution < 1.29 is 45.4 Å². The molecule has 7 rings (SSSR count). The van der Waals surface area contributed by atoms with E-state index in [1.54, 1.807) is 35.0 Å². The van der Waals surface area contributed by atoms with E-state index in [2.05, 4.69) is 35.2 Å². The molecule has 1 unspecified atom stereocenters. The molecule has 3 heterocycles. The van der Waals surface area contributed by atoms with E-state index < -0.39 is 79.7 Å². The minimum atomic E-state index is -3.46. The first-order valence-corrected chi connectivity index (χ1v) is 21.4. The van der Waals surface area contributed by atoms with E-state index in [4.69, 9.17) is 14.5 Å². The summed E-state index contributed by atoms with van der Waals surface area (Å²) in [4.78, 5) is 31.3. The summed E-state index contributed by atoms with van der Waals surface area (Å²) in [5.41, 5.74) is 0.535. The lowest BCUT2D eigenvalue weighted by Crippen LogP contribution is -2.35. The van der Waals surface area contributed by atoms with E-state index in [9.17, 15) is 27.2 Å². The SMILES string of the molecule is COC(=O)c1cccc(-c2cc3c(cnn3COCC[Si](C)(C)C)nc2C(Cc2cc(F)cc(F)c2)NC(=O)Cn2nc(C(F)F)c3c2C(F)(F)[C@@H]2C[C@H]32)c1. The molecule has 17 heteroatoms. The number of ether oxygens (including phenoxy) is 2. The van der Waals surface area contributed by atoms with E-state index in [0.29, 0.717) is 39.5 Å². The zero-order valence-corrected chi connectivity index (χ0v) is 31.4. The standard InChI is InChI=1S/C38H38F6N6O4Si/c1-53-37(52)22-7-5-6-21(13-22)25-16-30-29(17-45-50(30)19-54-8-9-55(2,3)4)47-33(25)28(12-20-10-23(39)14-24(40)11-20)46-31(51)18-49-35-32(34(48-49)36(41)42)26-15-27(26)38(35,43)44/h5-7,10-11,13-14,16-17,26-28,36H,8-9,12,15,18-19H2,1-4H3,(H,46,51)/t26-,27+,28?/m0/s1. The molecule has 0 spiro atoms. The number of halogens is 6. The topological polar surface area (TPSA) is 113 Å². The summed E-state index contributed by atoms with van der Waals surface area (Å²) in [5, 5.41) is 11.0. The van der Waals surface area contributed by atoms with Crippen molar-refractivity contribution in [1.29, 1.82) is 0 Å². The molecule has 0 aliphatic heterocycles. The van der Waals surface area contributed by atoms with Gasteiger partial charge in [0.25, 0.3) is 12.3 Å². The highest BCUT2D eigenvalue weighted by Gasteiger charge is 2.67. The quantitative estimate of drug-likeness (QED) is 0.0527. The number of nitrogens with one attached hydrogen (secondary N) is 1. The number of esters is 1. The third-order valence-corrected chi connectivity index (χ3v) is 11.7. The summed E-state index contributed by atoms with van der Waals surface area (Å²) in [5.74, 6) is -8.62. The van der Waals surface area contributed by atoms with Gasteiger partial charge in [0.05, 0.1) is 36.1 Å². The smallest absolute Gasteiger partial charge is 0.337 e. The average molecular weight is 785 g/mol. The maximum Gasteiger partial charge on any atom is 0.337 e. The van der Waals surface area contributed by atoms with Gasteiger partial charge in [0, 0.05) is 37.8 Å². The van der Waals surface area contributed by atoms with Crippen molar-refractivity contribution in [2.75, 3.05) is 13.7 Å². The van der Waals surface area contributed by atoms with Gasteiger partial charge in [0.1, 0.15) is 41.8 Å². The Kier molecular flexibility index (Phi) is 10.1. The summed E-state index contributed by atoms with van der Waals surface area (Å²) < 4.78 is 101. The summed E-state index contributed by atoms with van der Waals surface area (Å²) in [6, 6.07) is 10.7. The first kappa shape index (κ1) is 38.2. The van der Waals surface area contributed by atoms with Gasteiger partial charge in [-0.15, -0.1) is 0 Å². The lowest BCUT2D eigenvalue weighted by Gasteiger charge is -2.23. The number of carbonyl (C=O) groups excluding carboxylic acids is 2. The largest absolute Gasteiger partial charge is 0.465 e. The molecule has 290 valence electrons. The summed E-state index contributed by atoms with van der Waals surface area (Å²) in [7, 11) is -0.149. The van der Waals surface area contributed by atoms with Crippen LogP contribution in [0.5, 0.6) is 0 Å². The van der Waals surface area contributed by atoms with Gasteiger partial charge in [0.2, 0.25) is 5.91 Å². The van der Waals surface area contributed by atoms with Crippen LogP contribution in [0.2, 0.25) is 25.7 Å². The van der Waals surface area contributed by atoms with Crippen LogP contribution in [-0.2, 0) is 39.9 Å². The maximum atomic E-state index is 15.3. The second kappa shape index (κ2) is 14.6. The van der Waals surface area contributed by atoms with Crippen LogP contribution in [0.3, 0.4) is 0 Å². The number of amides is 1. The van der Waals surface area contributed by atoms with Crippen LogP contribution in [-0.4, -0.2) is 58.2 Å². The number of rotatable bonds is 14. The monoisotopic (exact) mass is 784 g/mol. The van der Waals surface area contributed by atoms with Crippen molar-refractivity contribution in [1.82, 2.24) is 29.9 Å². The molecule has 3 aromatic heterocycles. The van der Waals surface area contributed by atoms with Crippen LogP contribution in [0.15, 0.2) is 54.7 Å². The number of hydrogen-bond donors (Lipinski definition) is 1. The second-order valence-corrected chi connectivity index (χ2v) is 20.8. The Balaban J connectivity index is 1.30. The van der Waals surface area contributed by atoms with Crippen molar-refractivity contribution in [3.63, 3.8) is 0 Å². The molecule has 0 saturated heterocycles. The molecule has 0 bridgehead atoms. The highest BCUT2D eigenvalue weighted by molar-refractivity contribution is 6.76. The van der Waals surface area contributed by atoms with Crippen LogP contribution in [0.4, 0.5) is 26.3 Å². The average Bonchev–Trinajstić information content (AvgIpc) is 3.60. The third kappa shape index (κ3) is 7.76. The van der Waals surface area contributed by atoms with Crippen LogP contribution in [0, 0.1) is 17.6 Å². The number of alkyl halides is 4. The van der Waals surface area contributed by atoms with Crippen molar-refractivity contribution in [3.05, 3.63) is 100 Å². The Labute approximate surface area is 312 Å². The molecule has 0 radical (unpaired) electrons. The molecule has 3 atom stereocenters. The Morgan fingerprint density at radius 2 is 1.78 bits per heavy atom. The highest BCUT2D eigenvalue weighted by atomic mass is 28.3. The lowest BCUT2D eigenvalue weighted by molar-refractivity contribution is -0.123. The van der Waals surface area contributed by atoms with Crippen LogP contribution >= 0.6 is 0 Å². The van der Waals surface area contributed by atoms with E-state index in [-0.39, 0.29) is 42.0 Å². The molecule has 1 saturated carbocycles. The molecule has 2 aromatic carbocycles. The fourth-order valence-electron chi connectivity index (χ4n) is 7.21. The van der Waals surface area contributed by atoms with Crippen LogP contribution in [0.1, 0.15) is 63.4 Å². The van der Waals surface area contributed by atoms with Crippen LogP contribution < -0.4 is 5.32 Å². The molecule has 55 heavy (non-hydrogen) atoms. The van der Waals surface area contributed by atoms with Crippen LogP contribution in [0.25, 0.3) is 22.2 Å². The van der Waals surface area contributed by atoms with Gasteiger partial charge in [-0.25, -0.2) is 32.0 Å². The normalized spacial score (nSPS) is 17.7. The zero-order valence-electron chi connectivity index (χ0n) is 30.4. The zero-order chi connectivity index (χ0) is 39.4. The van der Waals surface area contributed by atoms with E-state index in [1.165, 1.54) is 13.3 Å². The van der Waals surface area contributed by atoms with Gasteiger partial charge in [0.15, 0.2) is 0 Å². The predicted molar refractivity (Wildman–Crippen MR) is 191 cm³/mol. The molecular formula is C38H38F6N6O4Si. The molecular weight excluding hydrogens is 747 g/mol. The fourth-order valence-corrected chi connectivity index (χ4v) is 7.97. The number of fused-ring (bicyclic) bond motifs is 4. The van der Waals surface area contributed by atoms with E-state index in [1.807, 2.05) is 0 Å². The second-order valence-electron chi connectivity index (χ2n) is 15.2. The summed E-state index contributed by atoms with van der Waals surface area (Å²) >= 11 is 0. The van der Waals surface area contributed by atoms with E-state index in [0.717, 1.165) is 18.2 Å². The number of benzene rings is 2. The molecule has 1 amide bonds. The van der Waals surface area contributed by atoms with Gasteiger partial charge in [-0.2, -0.15) is 19.0 Å². The van der Waals surface area contributed by atoms with Crippen molar-refractivity contribution in [2.24, 2.45) is 5.92 Å². The molecule has 2 aliphatic carbocycles. The number of aromatic nitrogens is 5. The molecule has 2 aliphatic rings. The van der Waals surface area contributed by atoms with Gasteiger partial charge in [-0.3, -0.25) is 9.48 Å². The third-order valence-electron chi connectivity index (χ3n) is 9.95.